The number of rotatable bonds is 9. The second kappa shape index (κ2) is 9.81. The Hall–Kier alpha value is -0.740. The smallest absolute Gasteiger partial charge is 0.348 e. The maximum Gasteiger partial charge on any atom is 0.397 e. The van der Waals surface area contributed by atoms with Crippen molar-refractivity contribution in [3.8, 4) is 0 Å². The van der Waals surface area contributed by atoms with E-state index < -0.39 is 63.3 Å². The van der Waals surface area contributed by atoms with Gasteiger partial charge in [0.1, 0.15) is 0 Å². The highest BCUT2D eigenvalue weighted by atomic mass is 32.3. The van der Waals surface area contributed by atoms with E-state index >= 15 is 0 Å². The lowest BCUT2D eigenvalue weighted by Gasteiger charge is -2.42. The molecule has 0 bridgehead atoms. The van der Waals surface area contributed by atoms with Crippen LogP contribution in [0.25, 0.3) is 0 Å². The van der Waals surface area contributed by atoms with Crippen molar-refractivity contribution in [2.45, 2.75) is 65.3 Å². The second-order valence-corrected chi connectivity index (χ2v) is 10.2. The van der Waals surface area contributed by atoms with Gasteiger partial charge in [-0.15, -0.1) is 4.91 Å². The summed E-state index contributed by atoms with van der Waals surface area (Å²) >= 11 is 0. The maximum absolute atomic E-state index is 11.2. The average Bonchev–Trinajstić information content (AvgIpc) is 2.93. The largest absolute Gasteiger partial charge is 0.397 e. The lowest BCUT2D eigenvalue weighted by Crippen LogP contribution is -2.52. The Morgan fingerprint density at radius 2 is 1.60 bits per heavy atom. The fraction of sp³-hybridized carbons (Fsp3) is 1.00. The van der Waals surface area contributed by atoms with E-state index in [0.717, 1.165) is 6.42 Å². The molecule has 176 valence electrons. The molecule has 14 heteroatoms. The minimum absolute atomic E-state index is 0.0382. The maximum atomic E-state index is 11.2. The van der Waals surface area contributed by atoms with Crippen molar-refractivity contribution >= 4 is 20.8 Å². The summed E-state index contributed by atoms with van der Waals surface area (Å²) in [6.45, 7) is 6.68. The second-order valence-electron chi connectivity index (χ2n) is 8.04. The quantitative estimate of drug-likeness (QED) is 0.367. The molecule has 30 heavy (non-hydrogen) atoms. The summed E-state index contributed by atoms with van der Waals surface area (Å²) in [5.41, 5.74) is 0. The summed E-state index contributed by atoms with van der Waals surface area (Å²) in [6.07, 6.45) is -2.69. The Labute approximate surface area is 176 Å². The summed E-state index contributed by atoms with van der Waals surface area (Å²) < 4.78 is 83.4. The molecule has 0 aromatic carbocycles. The van der Waals surface area contributed by atoms with Gasteiger partial charge in [-0.2, -0.15) is 16.8 Å². The summed E-state index contributed by atoms with van der Waals surface area (Å²) in [4.78, 5) is 11.2. The van der Waals surface area contributed by atoms with E-state index in [1.807, 2.05) is 13.8 Å². The van der Waals surface area contributed by atoms with Crippen molar-refractivity contribution in [1.29, 1.82) is 0 Å². The van der Waals surface area contributed by atoms with Crippen LogP contribution >= 0.6 is 0 Å². The predicted octanol–water partition coefficient (Wildman–Crippen LogP) is 1.78. The Kier molecular flexibility index (Phi) is 8.35. The minimum atomic E-state index is -4.80. The minimum Gasteiger partial charge on any atom is -0.348 e. The van der Waals surface area contributed by atoms with Crippen molar-refractivity contribution in [2.24, 2.45) is 34.8 Å². The van der Waals surface area contributed by atoms with Crippen molar-refractivity contribution < 1.29 is 43.8 Å². The Morgan fingerprint density at radius 3 is 2.10 bits per heavy atom. The molecule has 1 saturated heterocycles. The zero-order chi connectivity index (χ0) is 22.9. The Morgan fingerprint density at radius 1 is 0.967 bits per heavy atom. The van der Waals surface area contributed by atoms with E-state index in [1.54, 1.807) is 6.92 Å². The van der Waals surface area contributed by atoms with Gasteiger partial charge >= 0.3 is 20.8 Å². The molecule has 1 heterocycles. The molecule has 2 fully saturated rings. The van der Waals surface area contributed by atoms with E-state index in [1.165, 1.54) is 6.92 Å². The van der Waals surface area contributed by atoms with E-state index in [9.17, 15) is 21.7 Å². The van der Waals surface area contributed by atoms with Crippen LogP contribution in [0.2, 0.25) is 0 Å². The van der Waals surface area contributed by atoms with Crippen molar-refractivity contribution in [3.05, 3.63) is 4.91 Å². The molecule has 2 aliphatic rings. The number of ether oxygens (including phenoxy) is 2. The van der Waals surface area contributed by atoms with Crippen LogP contribution in [0, 0.1) is 34.5 Å². The van der Waals surface area contributed by atoms with Gasteiger partial charge in [-0.25, -0.2) is 8.37 Å². The van der Waals surface area contributed by atoms with E-state index in [2.05, 4.69) is 9.36 Å². The first-order chi connectivity index (χ1) is 13.8. The first kappa shape index (κ1) is 25.5. The molecular formula is C16H29NO11S2. The van der Waals surface area contributed by atoms with Gasteiger partial charge in [-0.1, -0.05) is 34.1 Å². The summed E-state index contributed by atoms with van der Waals surface area (Å²) in [7, 11) is -9.43. The molecule has 0 aromatic heterocycles. The molecular weight excluding hydrogens is 446 g/mol. The zero-order valence-electron chi connectivity index (χ0n) is 17.1. The van der Waals surface area contributed by atoms with E-state index in [4.69, 9.17) is 22.8 Å². The van der Waals surface area contributed by atoms with Gasteiger partial charge < -0.3 is 9.47 Å². The lowest BCUT2D eigenvalue weighted by atomic mass is 9.88. The van der Waals surface area contributed by atoms with Crippen LogP contribution in [-0.4, -0.2) is 57.3 Å². The molecule has 0 spiro atoms. The third kappa shape index (κ3) is 6.38. The zero-order valence-corrected chi connectivity index (χ0v) is 18.8. The van der Waals surface area contributed by atoms with Crippen molar-refractivity contribution in [1.82, 2.24) is 0 Å². The molecule has 12 nitrogen and oxygen atoms in total. The molecule has 9 unspecified atom stereocenters. The number of nitroso groups, excluding NO2 is 1. The summed E-state index contributed by atoms with van der Waals surface area (Å²) in [6, 6.07) is 0. The lowest BCUT2D eigenvalue weighted by molar-refractivity contribution is -0.279. The first-order valence-corrected chi connectivity index (χ1v) is 12.4. The third-order valence-electron chi connectivity index (χ3n) is 6.10. The van der Waals surface area contributed by atoms with Crippen LogP contribution in [0.5, 0.6) is 0 Å². The molecule has 9 atom stereocenters. The van der Waals surface area contributed by atoms with Crippen LogP contribution in [0.1, 0.15) is 40.5 Å². The van der Waals surface area contributed by atoms with Crippen LogP contribution in [0.15, 0.2) is 5.18 Å². The molecule has 0 amide bonds. The van der Waals surface area contributed by atoms with Crippen LogP contribution in [0.4, 0.5) is 0 Å². The molecule has 1 saturated carbocycles. The highest BCUT2D eigenvalue weighted by molar-refractivity contribution is 7.81. The fourth-order valence-corrected chi connectivity index (χ4v) is 5.45. The number of nitrogens with zero attached hydrogens (tertiary/aromatic N) is 1. The Balaban J connectivity index is 2.23. The molecule has 1 aliphatic heterocycles. The van der Waals surface area contributed by atoms with Gasteiger partial charge in [0.05, 0.1) is 18.8 Å². The topological polar surface area (TPSA) is 175 Å². The highest BCUT2D eigenvalue weighted by Crippen LogP contribution is 2.43. The molecule has 0 aromatic rings. The monoisotopic (exact) mass is 475 g/mol. The molecule has 0 radical (unpaired) electrons. The molecule has 2 N–H and O–H groups in total. The van der Waals surface area contributed by atoms with Crippen molar-refractivity contribution in [3.63, 3.8) is 0 Å². The van der Waals surface area contributed by atoms with Crippen LogP contribution < -0.4 is 0 Å². The molecule has 2 rings (SSSR count). The number of hydrogen-bond donors (Lipinski definition) is 2. The Bertz CT molecular complexity index is 802. The van der Waals surface area contributed by atoms with Crippen LogP contribution in [0.3, 0.4) is 0 Å². The third-order valence-corrected chi connectivity index (χ3v) is 7.00. The first-order valence-electron chi connectivity index (χ1n) is 9.68. The van der Waals surface area contributed by atoms with Gasteiger partial charge in [-0.3, -0.25) is 9.11 Å². The van der Waals surface area contributed by atoms with Gasteiger partial charge in [0.15, 0.2) is 12.5 Å². The average molecular weight is 476 g/mol. The van der Waals surface area contributed by atoms with E-state index in [0.29, 0.717) is 6.42 Å². The fourth-order valence-electron chi connectivity index (χ4n) is 4.47. The number of hydrogen-bond acceptors (Lipinski definition) is 10. The summed E-state index contributed by atoms with van der Waals surface area (Å²) in [5.74, 6) is -1.74. The van der Waals surface area contributed by atoms with Crippen molar-refractivity contribution in [2.75, 3.05) is 6.61 Å². The summed E-state index contributed by atoms with van der Waals surface area (Å²) in [5, 5.41) is 2.86. The van der Waals surface area contributed by atoms with Gasteiger partial charge in [0.25, 0.3) is 0 Å². The van der Waals surface area contributed by atoms with Gasteiger partial charge in [0, 0.05) is 17.8 Å². The predicted molar refractivity (Wildman–Crippen MR) is 103 cm³/mol. The SMILES string of the molecule is CCC1CC(COS(=O)(=O)O)C(OC2OC(N=O)C(C)C(OS(=O)(=O)O)C2C)C1C. The molecule has 1 aliphatic carbocycles. The normalized spacial score (nSPS) is 40.4. The standard InChI is InChI=1S/C16H29NO11S2/c1-5-11-6-12(7-25-29(19,20)21)14(8(11)2)26-16-10(4)13(28-30(22,23)24)9(3)15(17-18)27-16/h8-16H,5-7H2,1-4H3,(H,19,20,21)(H,22,23,24). The van der Waals surface area contributed by atoms with Crippen LogP contribution in [-0.2, 0) is 38.6 Å². The van der Waals surface area contributed by atoms with Gasteiger partial charge in [-0.05, 0) is 23.4 Å². The highest BCUT2D eigenvalue weighted by Gasteiger charge is 2.49. The van der Waals surface area contributed by atoms with E-state index in [-0.39, 0.29) is 18.4 Å². The van der Waals surface area contributed by atoms with Gasteiger partial charge in [0.2, 0.25) is 0 Å².